The van der Waals surface area contributed by atoms with Crippen molar-refractivity contribution in [2.45, 2.75) is 31.8 Å². The van der Waals surface area contributed by atoms with E-state index >= 15 is 0 Å². The van der Waals surface area contributed by atoms with Gasteiger partial charge in [0.25, 0.3) is 0 Å². The first-order valence-electron chi connectivity index (χ1n) is 4.77. The molecule has 1 unspecified atom stereocenters. The summed E-state index contributed by atoms with van der Waals surface area (Å²) in [5.41, 5.74) is 0. The fourth-order valence-electron chi connectivity index (χ4n) is 1.55. The second-order valence-electron chi connectivity index (χ2n) is 3.53. The Balaban J connectivity index is 2.32. The molecule has 1 heterocycles. The normalized spacial score (nSPS) is 22.1. The van der Waals surface area contributed by atoms with E-state index in [0.717, 1.165) is 12.8 Å². The van der Waals surface area contributed by atoms with Crippen LogP contribution in [0.1, 0.15) is 25.7 Å². The molecule has 1 saturated heterocycles. The predicted molar refractivity (Wildman–Crippen MR) is 48.7 cm³/mol. The van der Waals surface area contributed by atoms with Crippen molar-refractivity contribution >= 4 is 11.9 Å². The Labute approximate surface area is 82.3 Å². The molecule has 1 atom stereocenters. The van der Waals surface area contributed by atoms with Gasteiger partial charge in [-0.25, -0.2) is 0 Å². The average molecular weight is 201 g/mol. The number of carbonyl (C=O) groups excluding carboxylic acids is 1. The van der Waals surface area contributed by atoms with Crippen LogP contribution < -0.4 is 0 Å². The van der Waals surface area contributed by atoms with Gasteiger partial charge in [0.1, 0.15) is 0 Å². The minimum atomic E-state index is -0.962. The summed E-state index contributed by atoms with van der Waals surface area (Å²) in [7, 11) is 0. The topological polar surface area (TPSA) is 77.8 Å². The molecule has 80 valence electrons. The Morgan fingerprint density at radius 1 is 1.36 bits per heavy atom. The van der Waals surface area contributed by atoms with Crippen molar-refractivity contribution in [2.75, 3.05) is 13.1 Å². The van der Waals surface area contributed by atoms with Gasteiger partial charge in [-0.3, -0.25) is 9.59 Å². The van der Waals surface area contributed by atoms with Crippen LogP contribution in [0.3, 0.4) is 0 Å². The Morgan fingerprint density at radius 3 is 2.64 bits per heavy atom. The van der Waals surface area contributed by atoms with Gasteiger partial charge < -0.3 is 15.1 Å². The fraction of sp³-hybridized carbons (Fsp3) is 0.778. The highest BCUT2D eigenvalue weighted by molar-refractivity contribution is 5.80. The monoisotopic (exact) mass is 201 g/mol. The lowest BCUT2D eigenvalue weighted by Gasteiger charge is -2.30. The number of hydrogen-bond acceptors (Lipinski definition) is 3. The SMILES string of the molecule is O=C(O)CCC(=O)N1CCCC(O)C1. The van der Waals surface area contributed by atoms with Crippen LogP contribution in [-0.2, 0) is 9.59 Å². The van der Waals surface area contributed by atoms with Gasteiger partial charge in [0.15, 0.2) is 0 Å². The molecule has 0 aliphatic carbocycles. The molecule has 0 aromatic heterocycles. The number of hydrogen-bond donors (Lipinski definition) is 2. The highest BCUT2D eigenvalue weighted by atomic mass is 16.4. The Hall–Kier alpha value is -1.10. The van der Waals surface area contributed by atoms with Gasteiger partial charge in [0.05, 0.1) is 12.5 Å². The van der Waals surface area contributed by atoms with E-state index in [-0.39, 0.29) is 18.7 Å². The van der Waals surface area contributed by atoms with E-state index in [1.54, 1.807) is 0 Å². The largest absolute Gasteiger partial charge is 0.481 e. The van der Waals surface area contributed by atoms with Gasteiger partial charge in [-0.05, 0) is 12.8 Å². The van der Waals surface area contributed by atoms with Crippen LogP contribution in [0.2, 0.25) is 0 Å². The number of rotatable bonds is 3. The smallest absolute Gasteiger partial charge is 0.303 e. The molecule has 1 rings (SSSR count). The number of carboxylic acid groups (broad SMARTS) is 1. The summed E-state index contributed by atoms with van der Waals surface area (Å²) in [5.74, 6) is -1.14. The van der Waals surface area contributed by atoms with Crippen molar-refractivity contribution in [1.29, 1.82) is 0 Å². The first-order valence-corrected chi connectivity index (χ1v) is 4.77. The summed E-state index contributed by atoms with van der Waals surface area (Å²) in [6.45, 7) is 0.980. The molecule has 2 N–H and O–H groups in total. The molecular formula is C9H15NO4. The Kier molecular flexibility index (Phi) is 3.88. The maximum atomic E-state index is 11.4. The number of aliphatic hydroxyl groups excluding tert-OH is 1. The molecule has 1 fully saturated rings. The molecule has 1 aliphatic heterocycles. The van der Waals surface area contributed by atoms with Gasteiger partial charge in [-0.1, -0.05) is 0 Å². The minimum absolute atomic E-state index is 0.0298. The summed E-state index contributed by atoms with van der Waals surface area (Å²) in [6.07, 6.45) is 0.966. The molecule has 0 aromatic rings. The van der Waals surface area contributed by atoms with E-state index < -0.39 is 12.1 Å². The fourth-order valence-corrected chi connectivity index (χ4v) is 1.55. The van der Waals surface area contributed by atoms with Crippen molar-refractivity contribution in [3.63, 3.8) is 0 Å². The van der Waals surface area contributed by atoms with E-state index in [0.29, 0.717) is 13.1 Å². The van der Waals surface area contributed by atoms with E-state index in [2.05, 4.69) is 0 Å². The highest BCUT2D eigenvalue weighted by Crippen LogP contribution is 2.11. The summed E-state index contributed by atoms with van der Waals surface area (Å²) in [4.78, 5) is 23.2. The van der Waals surface area contributed by atoms with Gasteiger partial charge >= 0.3 is 5.97 Å². The highest BCUT2D eigenvalue weighted by Gasteiger charge is 2.21. The molecule has 0 bridgehead atoms. The molecule has 0 radical (unpaired) electrons. The quantitative estimate of drug-likeness (QED) is 0.664. The van der Waals surface area contributed by atoms with Crippen LogP contribution in [-0.4, -0.2) is 46.2 Å². The second kappa shape index (κ2) is 4.95. The zero-order valence-electron chi connectivity index (χ0n) is 7.98. The number of aliphatic hydroxyl groups is 1. The third-order valence-corrected chi connectivity index (χ3v) is 2.30. The summed E-state index contributed by atoms with van der Waals surface area (Å²) in [5, 5.41) is 17.7. The first kappa shape index (κ1) is 11.0. The van der Waals surface area contributed by atoms with Crippen molar-refractivity contribution in [3.05, 3.63) is 0 Å². The number of piperidine rings is 1. The zero-order valence-corrected chi connectivity index (χ0v) is 7.98. The lowest BCUT2D eigenvalue weighted by molar-refractivity contribution is -0.141. The van der Waals surface area contributed by atoms with E-state index in [9.17, 15) is 14.7 Å². The standard InChI is InChI=1S/C9H15NO4/c11-7-2-1-5-10(6-7)8(12)3-4-9(13)14/h7,11H,1-6H2,(H,13,14). The lowest BCUT2D eigenvalue weighted by Crippen LogP contribution is -2.42. The van der Waals surface area contributed by atoms with Crippen molar-refractivity contribution in [2.24, 2.45) is 0 Å². The van der Waals surface area contributed by atoms with Crippen LogP contribution in [0, 0.1) is 0 Å². The first-order chi connectivity index (χ1) is 6.59. The predicted octanol–water partition coefficient (Wildman–Crippen LogP) is -0.166. The van der Waals surface area contributed by atoms with Crippen LogP contribution in [0.15, 0.2) is 0 Å². The number of carbonyl (C=O) groups is 2. The maximum Gasteiger partial charge on any atom is 0.303 e. The number of carboxylic acids is 1. The molecular weight excluding hydrogens is 186 g/mol. The van der Waals surface area contributed by atoms with Crippen LogP contribution >= 0.6 is 0 Å². The minimum Gasteiger partial charge on any atom is -0.481 e. The number of β-amino-alcohol motifs (C(OH)–C–C–N with tert-alkyl or cyclic N) is 1. The van der Waals surface area contributed by atoms with E-state index in [4.69, 9.17) is 5.11 Å². The molecule has 5 heteroatoms. The lowest BCUT2D eigenvalue weighted by atomic mass is 10.1. The Morgan fingerprint density at radius 2 is 2.07 bits per heavy atom. The van der Waals surface area contributed by atoms with Gasteiger partial charge in [-0.15, -0.1) is 0 Å². The maximum absolute atomic E-state index is 11.4. The third kappa shape index (κ3) is 3.33. The van der Waals surface area contributed by atoms with E-state index in [1.165, 1.54) is 4.90 Å². The van der Waals surface area contributed by atoms with E-state index in [1.807, 2.05) is 0 Å². The molecule has 0 aromatic carbocycles. The Bertz CT molecular complexity index is 229. The van der Waals surface area contributed by atoms with Gasteiger partial charge in [0.2, 0.25) is 5.91 Å². The van der Waals surface area contributed by atoms with Crippen LogP contribution in [0.25, 0.3) is 0 Å². The molecule has 0 saturated carbocycles. The molecule has 14 heavy (non-hydrogen) atoms. The summed E-state index contributed by atoms with van der Waals surface area (Å²) >= 11 is 0. The van der Waals surface area contributed by atoms with Crippen molar-refractivity contribution in [1.82, 2.24) is 4.90 Å². The van der Waals surface area contributed by atoms with Crippen molar-refractivity contribution in [3.8, 4) is 0 Å². The van der Waals surface area contributed by atoms with Gasteiger partial charge in [0, 0.05) is 19.5 Å². The molecule has 1 aliphatic rings. The second-order valence-corrected chi connectivity index (χ2v) is 3.53. The van der Waals surface area contributed by atoms with Gasteiger partial charge in [-0.2, -0.15) is 0 Å². The third-order valence-electron chi connectivity index (χ3n) is 2.30. The van der Waals surface area contributed by atoms with Crippen molar-refractivity contribution < 1.29 is 19.8 Å². The summed E-state index contributed by atoms with van der Waals surface area (Å²) < 4.78 is 0. The average Bonchev–Trinajstić information content (AvgIpc) is 2.14. The molecule has 0 spiro atoms. The number of aliphatic carboxylic acids is 1. The zero-order chi connectivity index (χ0) is 10.6. The van der Waals surface area contributed by atoms with Crippen LogP contribution in [0.4, 0.5) is 0 Å². The summed E-state index contributed by atoms with van der Waals surface area (Å²) in [6, 6.07) is 0. The number of nitrogens with zero attached hydrogens (tertiary/aromatic N) is 1. The molecule has 5 nitrogen and oxygen atoms in total. The number of amides is 1. The number of likely N-dealkylation sites (tertiary alicyclic amines) is 1. The van der Waals surface area contributed by atoms with Crippen LogP contribution in [0.5, 0.6) is 0 Å². The molecule has 1 amide bonds.